The first-order valence-corrected chi connectivity index (χ1v) is 10.3. The Morgan fingerprint density at radius 2 is 2.00 bits per heavy atom. The van der Waals surface area contributed by atoms with Crippen LogP contribution in [0.3, 0.4) is 0 Å². The number of methoxy groups -OCH3 is 1. The normalized spacial score (nSPS) is 18.5. The van der Waals surface area contributed by atoms with Crippen LogP contribution >= 0.6 is 0 Å². The Morgan fingerprint density at radius 3 is 2.71 bits per heavy atom. The van der Waals surface area contributed by atoms with Gasteiger partial charge in [0.25, 0.3) is 0 Å². The van der Waals surface area contributed by atoms with Crippen molar-refractivity contribution in [1.29, 1.82) is 0 Å². The molecule has 154 valence electrons. The summed E-state index contributed by atoms with van der Waals surface area (Å²) in [4.78, 5) is 9.51. The molecular formula is C22H34N4O2. The molecule has 0 unspecified atom stereocenters. The minimum Gasteiger partial charge on any atom is -0.496 e. The minimum absolute atomic E-state index is 0.221. The molecule has 0 bridgehead atoms. The van der Waals surface area contributed by atoms with Gasteiger partial charge in [0.15, 0.2) is 0 Å². The zero-order valence-electron chi connectivity index (χ0n) is 17.7. The molecule has 1 atom stereocenters. The standard InChI is InChI=1S/C22H34N4O2/c1-5-25-10-9-23-22(25)16-24-11-12-26(20(15-24)8-13-27)14-19-6-7-21(28-4)18(3)17(19)2/h6-7,9-10,20,27H,5,8,11-16H2,1-4H3/t20-/m0/s1. The molecule has 1 aliphatic rings. The Hall–Kier alpha value is -1.89. The van der Waals surface area contributed by atoms with E-state index < -0.39 is 0 Å². The van der Waals surface area contributed by atoms with E-state index >= 15 is 0 Å². The number of piperazine rings is 1. The lowest BCUT2D eigenvalue weighted by molar-refractivity contribution is 0.0481. The van der Waals surface area contributed by atoms with Crippen LogP contribution in [0.25, 0.3) is 0 Å². The maximum Gasteiger partial charge on any atom is 0.122 e. The van der Waals surface area contributed by atoms with Gasteiger partial charge in [-0.3, -0.25) is 9.80 Å². The van der Waals surface area contributed by atoms with E-state index in [1.54, 1.807) is 7.11 Å². The van der Waals surface area contributed by atoms with Crippen molar-refractivity contribution in [3.05, 3.63) is 47.0 Å². The van der Waals surface area contributed by atoms with E-state index in [4.69, 9.17) is 4.74 Å². The fourth-order valence-electron chi connectivity index (χ4n) is 4.17. The molecule has 6 heteroatoms. The maximum absolute atomic E-state index is 9.62. The first-order valence-electron chi connectivity index (χ1n) is 10.3. The summed E-state index contributed by atoms with van der Waals surface area (Å²) >= 11 is 0. The van der Waals surface area contributed by atoms with Gasteiger partial charge >= 0.3 is 0 Å². The fourth-order valence-corrected chi connectivity index (χ4v) is 4.17. The number of aliphatic hydroxyl groups excluding tert-OH is 1. The molecule has 1 saturated heterocycles. The summed E-state index contributed by atoms with van der Waals surface area (Å²) in [7, 11) is 1.72. The third-order valence-corrected chi connectivity index (χ3v) is 6.10. The molecular weight excluding hydrogens is 352 g/mol. The first kappa shape index (κ1) is 20.8. The molecule has 1 aromatic carbocycles. The van der Waals surface area contributed by atoms with Crippen molar-refractivity contribution in [2.45, 2.75) is 52.9 Å². The smallest absolute Gasteiger partial charge is 0.122 e. The lowest BCUT2D eigenvalue weighted by atomic mass is 10.00. The van der Waals surface area contributed by atoms with Gasteiger partial charge in [-0.25, -0.2) is 4.98 Å². The Bertz CT molecular complexity index is 774. The van der Waals surface area contributed by atoms with Crippen molar-refractivity contribution in [3.8, 4) is 5.75 Å². The molecule has 0 spiro atoms. The summed E-state index contributed by atoms with van der Waals surface area (Å²) in [6, 6.07) is 4.60. The van der Waals surface area contributed by atoms with Gasteiger partial charge in [0, 0.05) is 57.8 Å². The van der Waals surface area contributed by atoms with Crippen molar-refractivity contribution in [2.75, 3.05) is 33.4 Å². The van der Waals surface area contributed by atoms with Crippen molar-refractivity contribution in [3.63, 3.8) is 0 Å². The minimum atomic E-state index is 0.221. The van der Waals surface area contributed by atoms with Crippen LogP contribution in [-0.4, -0.2) is 63.9 Å². The van der Waals surface area contributed by atoms with Crippen LogP contribution in [0.2, 0.25) is 0 Å². The zero-order chi connectivity index (χ0) is 20.1. The molecule has 2 aromatic rings. The number of hydrogen-bond acceptors (Lipinski definition) is 5. The quantitative estimate of drug-likeness (QED) is 0.756. The number of ether oxygens (including phenoxy) is 1. The second-order valence-electron chi connectivity index (χ2n) is 7.68. The molecule has 2 heterocycles. The molecule has 28 heavy (non-hydrogen) atoms. The van der Waals surface area contributed by atoms with Crippen LogP contribution in [-0.2, 0) is 19.6 Å². The summed E-state index contributed by atoms with van der Waals surface area (Å²) < 4.78 is 7.66. The summed E-state index contributed by atoms with van der Waals surface area (Å²) in [5.74, 6) is 2.07. The van der Waals surface area contributed by atoms with Gasteiger partial charge in [-0.05, 0) is 49.9 Å². The third-order valence-electron chi connectivity index (χ3n) is 6.10. The molecule has 3 rings (SSSR count). The highest BCUT2D eigenvalue weighted by molar-refractivity contribution is 5.43. The molecule has 6 nitrogen and oxygen atoms in total. The molecule has 1 N–H and O–H groups in total. The van der Waals surface area contributed by atoms with Crippen molar-refractivity contribution >= 4 is 0 Å². The Morgan fingerprint density at radius 1 is 1.18 bits per heavy atom. The molecule has 1 aliphatic heterocycles. The van der Waals surface area contributed by atoms with E-state index in [1.165, 1.54) is 16.7 Å². The van der Waals surface area contributed by atoms with Gasteiger partial charge in [0.1, 0.15) is 11.6 Å². The van der Waals surface area contributed by atoms with Crippen molar-refractivity contribution in [2.24, 2.45) is 0 Å². The van der Waals surface area contributed by atoms with Crippen LogP contribution in [0.1, 0.15) is 35.9 Å². The van der Waals surface area contributed by atoms with E-state index in [1.807, 2.05) is 12.4 Å². The second-order valence-corrected chi connectivity index (χ2v) is 7.68. The SMILES string of the molecule is CCn1ccnc1CN1CCN(Cc2ccc(OC)c(C)c2C)[C@@H](CCO)C1. The number of hydrogen-bond donors (Lipinski definition) is 1. The lowest BCUT2D eigenvalue weighted by Crippen LogP contribution is -2.52. The summed E-state index contributed by atoms with van der Waals surface area (Å²) in [5, 5.41) is 9.62. The molecule has 0 aliphatic carbocycles. The van der Waals surface area contributed by atoms with Crippen LogP contribution in [0.5, 0.6) is 5.75 Å². The molecule has 0 saturated carbocycles. The van der Waals surface area contributed by atoms with Gasteiger partial charge in [-0.1, -0.05) is 6.07 Å². The predicted octanol–water partition coefficient (Wildman–Crippen LogP) is 2.60. The number of aryl methyl sites for hydroxylation is 1. The van der Waals surface area contributed by atoms with Crippen LogP contribution in [0.4, 0.5) is 0 Å². The lowest BCUT2D eigenvalue weighted by Gasteiger charge is -2.41. The molecule has 1 fully saturated rings. The average Bonchev–Trinajstić information content (AvgIpc) is 3.15. The van der Waals surface area contributed by atoms with Gasteiger partial charge < -0.3 is 14.4 Å². The number of nitrogens with zero attached hydrogens (tertiary/aromatic N) is 4. The highest BCUT2D eigenvalue weighted by Gasteiger charge is 2.27. The van der Waals surface area contributed by atoms with Gasteiger partial charge in [0.2, 0.25) is 0 Å². The van der Waals surface area contributed by atoms with Gasteiger partial charge in [0.05, 0.1) is 13.7 Å². The highest BCUT2D eigenvalue weighted by Crippen LogP contribution is 2.26. The monoisotopic (exact) mass is 386 g/mol. The van der Waals surface area contributed by atoms with Gasteiger partial charge in [-0.2, -0.15) is 0 Å². The largest absolute Gasteiger partial charge is 0.496 e. The fraction of sp³-hybridized carbons (Fsp3) is 0.591. The zero-order valence-corrected chi connectivity index (χ0v) is 17.7. The van der Waals surface area contributed by atoms with Gasteiger partial charge in [-0.15, -0.1) is 0 Å². The maximum atomic E-state index is 9.62. The summed E-state index contributed by atoms with van der Waals surface area (Å²) in [5.41, 5.74) is 3.86. The van der Waals surface area contributed by atoms with E-state index in [0.29, 0.717) is 6.04 Å². The topological polar surface area (TPSA) is 53.8 Å². The van der Waals surface area contributed by atoms with Crippen molar-refractivity contribution in [1.82, 2.24) is 19.4 Å². The summed E-state index contributed by atoms with van der Waals surface area (Å²) in [6.07, 6.45) is 4.73. The average molecular weight is 387 g/mol. The number of benzene rings is 1. The third kappa shape index (κ3) is 4.57. The number of imidazole rings is 1. The number of aromatic nitrogens is 2. The Kier molecular flexibility index (Phi) is 7.10. The van der Waals surface area contributed by atoms with Crippen LogP contribution in [0, 0.1) is 13.8 Å². The van der Waals surface area contributed by atoms with E-state index in [2.05, 4.69) is 52.3 Å². The van der Waals surface area contributed by atoms with E-state index in [9.17, 15) is 5.11 Å². The number of aliphatic hydroxyl groups is 1. The van der Waals surface area contributed by atoms with E-state index in [-0.39, 0.29) is 6.61 Å². The Balaban J connectivity index is 1.69. The molecule has 0 amide bonds. The van der Waals surface area contributed by atoms with Crippen LogP contribution < -0.4 is 4.74 Å². The predicted molar refractivity (Wildman–Crippen MR) is 112 cm³/mol. The highest BCUT2D eigenvalue weighted by atomic mass is 16.5. The van der Waals surface area contributed by atoms with Crippen LogP contribution in [0.15, 0.2) is 24.5 Å². The second kappa shape index (κ2) is 9.54. The van der Waals surface area contributed by atoms with Crippen molar-refractivity contribution < 1.29 is 9.84 Å². The Labute approximate surface area is 168 Å². The molecule has 1 aromatic heterocycles. The first-order chi connectivity index (χ1) is 13.6. The number of rotatable bonds is 8. The molecule has 0 radical (unpaired) electrons. The summed E-state index contributed by atoms with van der Waals surface area (Å²) in [6.45, 7) is 12.4. The van der Waals surface area contributed by atoms with E-state index in [0.717, 1.165) is 57.3 Å².